The molecule has 0 saturated heterocycles. The minimum atomic E-state index is -1.67. The van der Waals surface area contributed by atoms with Gasteiger partial charge in [-0.25, -0.2) is 4.98 Å². The second-order valence-electron chi connectivity index (χ2n) is 6.48. The zero-order valence-electron chi connectivity index (χ0n) is 14.5. The molecule has 26 heavy (non-hydrogen) atoms. The molecule has 7 heteroatoms. The van der Waals surface area contributed by atoms with Crippen LogP contribution in [-0.2, 0) is 9.59 Å². The normalized spacial score (nSPS) is 18.8. The number of amides is 2. The lowest BCUT2D eigenvalue weighted by atomic mass is 10.0. The number of hydrogen-bond donors (Lipinski definition) is 2. The number of carbonyl (C=O) groups is 2. The largest absolute Gasteiger partial charge is 0.466 e. The molecule has 0 fully saturated rings. The highest BCUT2D eigenvalue weighted by Gasteiger charge is 2.47. The van der Waals surface area contributed by atoms with E-state index in [0.717, 1.165) is 21.3 Å². The summed E-state index contributed by atoms with van der Waals surface area (Å²) in [6.45, 7) is 5.34. The van der Waals surface area contributed by atoms with E-state index < -0.39 is 17.4 Å². The van der Waals surface area contributed by atoms with Crippen LogP contribution in [0.15, 0.2) is 36.4 Å². The van der Waals surface area contributed by atoms with Crippen LogP contribution >= 0.6 is 11.3 Å². The van der Waals surface area contributed by atoms with Gasteiger partial charge < -0.3 is 10.1 Å². The number of rotatable bonds is 2. The molecule has 0 saturated carbocycles. The molecule has 0 radical (unpaired) electrons. The van der Waals surface area contributed by atoms with Gasteiger partial charge in [0.1, 0.15) is 5.75 Å². The number of nitrogens with one attached hydrogen (secondary N) is 2. The monoisotopic (exact) mass is 367 g/mol. The number of ether oxygens (including phenoxy) is 1. The summed E-state index contributed by atoms with van der Waals surface area (Å²) in [5.41, 5.74) is 1.76. The third-order valence-corrected chi connectivity index (χ3v) is 5.34. The van der Waals surface area contributed by atoms with E-state index in [4.69, 9.17) is 4.74 Å². The molecule has 2 heterocycles. The van der Waals surface area contributed by atoms with Crippen LogP contribution in [-0.4, -0.2) is 22.4 Å². The predicted octanol–water partition coefficient (Wildman–Crippen LogP) is 3.64. The topological polar surface area (TPSA) is 80.3 Å². The van der Waals surface area contributed by atoms with E-state index in [0.29, 0.717) is 16.6 Å². The van der Waals surface area contributed by atoms with Crippen LogP contribution in [0.3, 0.4) is 0 Å². The number of anilines is 2. The first kappa shape index (κ1) is 16.5. The van der Waals surface area contributed by atoms with E-state index in [1.807, 2.05) is 38.1 Å². The molecule has 1 aliphatic rings. The number of thiazole rings is 1. The molecule has 6 nitrogen and oxygen atoms in total. The average molecular weight is 367 g/mol. The standard InChI is InChI=1S/C19H17N3O3S/c1-10-7-8-13-12(9-10)20-16(23)19(3,25-13)17(24)22-18-21-15-11(2)5-4-6-14(15)26-18/h4-9H,1-3H3,(H,20,23)(H,21,22,24). The summed E-state index contributed by atoms with van der Waals surface area (Å²) < 4.78 is 6.74. The fraction of sp³-hybridized carbons (Fsp3) is 0.211. The molecule has 0 bridgehead atoms. The minimum absolute atomic E-state index is 0.437. The van der Waals surface area contributed by atoms with Crippen molar-refractivity contribution in [2.24, 2.45) is 0 Å². The van der Waals surface area contributed by atoms with Gasteiger partial charge in [0.15, 0.2) is 5.13 Å². The Balaban J connectivity index is 1.63. The Morgan fingerprint density at radius 3 is 2.85 bits per heavy atom. The molecule has 1 unspecified atom stereocenters. The van der Waals surface area contributed by atoms with Crippen molar-refractivity contribution < 1.29 is 14.3 Å². The van der Waals surface area contributed by atoms with E-state index in [2.05, 4.69) is 15.6 Å². The number of hydrogen-bond acceptors (Lipinski definition) is 5. The van der Waals surface area contributed by atoms with Gasteiger partial charge in [-0.05, 0) is 50.1 Å². The fourth-order valence-corrected chi connectivity index (χ4v) is 3.78. The molecule has 0 spiro atoms. The number of aromatic nitrogens is 1. The molecule has 4 rings (SSSR count). The van der Waals surface area contributed by atoms with Crippen LogP contribution < -0.4 is 15.4 Å². The van der Waals surface area contributed by atoms with E-state index in [1.54, 1.807) is 12.1 Å². The van der Waals surface area contributed by atoms with Crippen molar-refractivity contribution in [1.29, 1.82) is 0 Å². The maximum atomic E-state index is 12.8. The van der Waals surface area contributed by atoms with Gasteiger partial charge in [0.2, 0.25) is 0 Å². The molecular formula is C19H17N3O3S. The highest BCUT2D eigenvalue weighted by Crippen LogP contribution is 2.35. The van der Waals surface area contributed by atoms with Gasteiger partial charge >= 0.3 is 0 Å². The van der Waals surface area contributed by atoms with Crippen LogP contribution in [0.4, 0.5) is 10.8 Å². The van der Waals surface area contributed by atoms with E-state index in [-0.39, 0.29) is 0 Å². The second kappa shape index (κ2) is 5.81. The number of nitrogens with zero attached hydrogens (tertiary/aromatic N) is 1. The molecule has 2 N–H and O–H groups in total. The van der Waals surface area contributed by atoms with Crippen molar-refractivity contribution in [2.75, 3.05) is 10.6 Å². The van der Waals surface area contributed by atoms with E-state index in [1.165, 1.54) is 18.3 Å². The summed E-state index contributed by atoms with van der Waals surface area (Å²) in [5, 5.41) is 5.91. The molecule has 2 amide bonds. The number of benzene rings is 2. The van der Waals surface area contributed by atoms with Crippen LogP contribution in [0.5, 0.6) is 5.75 Å². The Labute approximate surface area is 154 Å². The second-order valence-corrected chi connectivity index (χ2v) is 7.51. The van der Waals surface area contributed by atoms with Gasteiger partial charge in [-0.1, -0.05) is 29.5 Å². The fourth-order valence-electron chi connectivity index (χ4n) is 2.84. The van der Waals surface area contributed by atoms with Crippen molar-refractivity contribution in [1.82, 2.24) is 4.98 Å². The van der Waals surface area contributed by atoms with Gasteiger partial charge in [-0.2, -0.15) is 0 Å². The molecular weight excluding hydrogens is 350 g/mol. The van der Waals surface area contributed by atoms with Crippen LogP contribution in [0.25, 0.3) is 10.2 Å². The summed E-state index contributed by atoms with van der Waals surface area (Å²) in [6.07, 6.45) is 0. The maximum Gasteiger partial charge on any atom is 0.280 e. The van der Waals surface area contributed by atoms with E-state index >= 15 is 0 Å². The Morgan fingerprint density at radius 2 is 2.08 bits per heavy atom. The van der Waals surface area contributed by atoms with Gasteiger partial charge in [-0.3, -0.25) is 14.9 Å². The Morgan fingerprint density at radius 1 is 1.27 bits per heavy atom. The van der Waals surface area contributed by atoms with Crippen molar-refractivity contribution >= 4 is 44.2 Å². The molecule has 132 valence electrons. The lowest BCUT2D eigenvalue weighted by molar-refractivity contribution is -0.143. The Hall–Kier alpha value is -2.93. The lowest BCUT2D eigenvalue weighted by Gasteiger charge is -2.33. The molecule has 1 aromatic heterocycles. The zero-order chi connectivity index (χ0) is 18.5. The van der Waals surface area contributed by atoms with Crippen LogP contribution in [0.1, 0.15) is 18.1 Å². The van der Waals surface area contributed by atoms with Crippen molar-refractivity contribution in [3.05, 3.63) is 47.5 Å². The predicted molar refractivity (Wildman–Crippen MR) is 102 cm³/mol. The number of fused-ring (bicyclic) bond motifs is 2. The SMILES string of the molecule is Cc1ccc2c(c1)NC(=O)C(C)(C(=O)Nc1nc3c(C)cccc3s1)O2. The van der Waals surface area contributed by atoms with Crippen molar-refractivity contribution in [3.63, 3.8) is 0 Å². The van der Waals surface area contributed by atoms with E-state index in [9.17, 15) is 9.59 Å². The minimum Gasteiger partial charge on any atom is -0.466 e. The third kappa shape index (κ3) is 2.61. The third-order valence-electron chi connectivity index (χ3n) is 4.41. The number of aryl methyl sites for hydroxylation is 2. The summed E-state index contributed by atoms with van der Waals surface area (Å²) in [5.74, 6) is -0.601. The summed E-state index contributed by atoms with van der Waals surface area (Å²) in [4.78, 5) is 29.8. The first-order valence-electron chi connectivity index (χ1n) is 8.15. The lowest BCUT2D eigenvalue weighted by Crippen LogP contribution is -2.56. The maximum absolute atomic E-state index is 12.8. The highest BCUT2D eigenvalue weighted by molar-refractivity contribution is 7.22. The van der Waals surface area contributed by atoms with Gasteiger partial charge in [0.05, 0.1) is 15.9 Å². The van der Waals surface area contributed by atoms with Crippen LogP contribution in [0, 0.1) is 13.8 Å². The van der Waals surface area contributed by atoms with Gasteiger partial charge in [0.25, 0.3) is 17.4 Å². The molecule has 1 atom stereocenters. The smallest absolute Gasteiger partial charge is 0.280 e. The van der Waals surface area contributed by atoms with Gasteiger partial charge in [0, 0.05) is 0 Å². The summed E-state index contributed by atoms with van der Waals surface area (Å²) >= 11 is 1.36. The average Bonchev–Trinajstić information content (AvgIpc) is 3.00. The summed E-state index contributed by atoms with van der Waals surface area (Å²) in [7, 11) is 0. The first-order valence-corrected chi connectivity index (χ1v) is 8.97. The first-order chi connectivity index (χ1) is 12.4. The van der Waals surface area contributed by atoms with Crippen molar-refractivity contribution in [3.8, 4) is 5.75 Å². The highest BCUT2D eigenvalue weighted by atomic mass is 32.1. The van der Waals surface area contributed by atoms with Crippen molar-refractivity contribution in [2.45, 2.75) is 26.4 Å². The Kier molecular flexibility index (Phi) is 3.69. The number of para-hydroxylation sites is 1. The molecule has 3 aromatic rings. The molecule has 1 aliphatic heterocycles. The summed E-state index contributed by atoms with van der Waals surface area (Å²) in [6, 6.07) is 11.3. The molecule has 2 aromatic carbocycles. The number of carbonyl (C=O) groups excluding carboxylic acids is 2. The Bertz CT molecular complexity index is 1060. The quantitative estimate of drug-likeness (QED) is 0.678. The zero-order valence-corrected chi connectivity index (χ0v) is 15.4. The molecule has 0 aliphatic carbocycles. The van der Waals surface area contributed by atoms with Crippen LogP contribution in [0.2, 0.25) is 0 Å². The van der Waals surface area contributed by atoms with Gasteiger partial charge in [-0.15, -0.1) is 0 Å².